The molecule has 0 saturated carbocycles. The van der Waals surface area contributed by atoms with Crippen LogP contribution in [0.1, 0.15) is 33.4 Å². The molecule has 6 aromatic rings. The van der Waals surface area contributed by atoms with Crippen molar-refractivity contribution in [3.63, 3.8) is 0 Å². The highest BCUT2D eigenvalue weighted by molar-refractivity contribution is 6.59. The second-order valence-corrected chi connectivity index (χ2v) is 13.1. The molecule has 0 atom stereocenters. The monoisotopic (exact) mass is 770 g/mol. The minimum Gasteiger partial charge on any atom is -0.497 e. The molecule has 0 amide bonds. The Morgan fingerprint density at radius 2 is 0.690 bits per heavy atom. The summed E-state index contributed by atoms with van der Waals surface area (Å²) < 4.78 is 5.10. The zero-order valence-electron chi connectivity index (χ0n) is 32.5. The highest BCUT2D eigenvalue weighted by Gasteiger charge is 2.10. The van der Waals surface area contributed by atoms with Gasteiger partial charge < -0.3 is 39.8 Å². The molecule has 6 aromatic carbocycles. The van der Waals surface area contributed by atoms with Gasteiger partial charge in [-0.25, -0.2) is 4.85 Å². The molecule has 0 aliphatic rings. The maximum atomic E-state index is 9.03. The second kappa shape index (κ2) is 23.0. The van der Waals surface area contributed by atoms with Gasteiger partial charge in [0.2, 0.25) is 0 Å². The summed E-state index contributed by atoms with van der Waals surface area (Å²) in [5.41, 5.74) is 9.46. The first-order valence-electron chi connectivity index (χ1n) is 18.3. The lowest BCUT2D eigenvalue weighted by atomic mass is 9.80. The second-order valence-electron chi connectivity index (χ2n) is 13.1. The molecule has 6 N–H and O–H groups in total. The molecule has 0 aliphatic carbocycles. The Morgan fingerprint density at radius 1 is 0.431 bits per heavy atom. The number of ether oxygens (including phenoxy) is 1. The maximum Gasteiger partial charge on any atom is 0.488 e. The molecule has 12 heteroatoms. The van der Waals surface area contributed by atoms with Gasteiger partial charge in [0.25, 0.3) is 0 Å². The highest BCUT2D eigenvalue weighted by atomic mass is 16.5. The molecule has 0 saturated heterocycles. The van der Waals surface area contributed by atoms with Crippen LogP contribution in [0.25, 0.3) is 41.3 Å². The lowest BCUT2D eigenvalue weighted by molar-refractivity contribution is 0.415. The van der Waals surface area contributed by atoms with E-state index in [0.717, 1.165) is 39.1 Å². The van der Waals surface area contributed by atoms with Gasteiger partial charge in [0.1, 0.15) is 5.75 Å². The standard InChI is InChI=1S/C16H18BNO2.C15H12BNO2.C15H15BO3/c1-18(2)16-11-7-14(8-12-16)4-3-13-5-9-15(10-6-13)17(19)20;1-17-15-10-6-13(7-11-15)3-2-12-4-8-14(9-5-12)16(18)19;1-19-15-10-6-13(7-11-15)3-2-12-4-8-14(9-5-12)16(17)18/h3-12,19-20H,1-2H3;2-11,18-19H;2-11,17-18H,1H3/b4-3+;2*3-2+. The topological polar surface area (TPSA) is 138 Å². The van der Waals surface area contributed by atoms with Crippen LogP contribution < -0.4 is 26.0 Å². The van der Waals surface area contributed by atoms with Gasteiger partial charge in [-0.1, -0.05) is 158 Å². The summed E-state index contributed by atoms with van der Waals surface area (Å²) in [6.45, 7) is 6.87. The summed E-state index contributed by atoms with van der Waals surface area (Å²) >= 11 is 0. The average Bonchev–Trinajstić information content (AvgIpc) is 3.25. The van der Waals surface area contributed by atoms with Crippen molar-refractivity contribution in [2.45, 2.75) is 0 Å². The smallest absolute Gasteiger partial charge is 0.488 e. The van der Waals surface area contributed by atoms with E-state index in [1.54, 1.807) is 55.6 Å². The molecule has 0 unspecified atom stereocenters. The summed E-state index contributed by atoms with van der Waals surface area (Å²) in [6.07, 6.45) is 11.9. The molecule has 0 aromatic heterocycles. The molecule has 0 radical (unpaired) electrons. The normalized spacial score (nSPS) is 10.6. The number of benzene rings is 6. The van der Waals surface area contributed by atoms with Gasteiger partial charge in [-0.05, 0) is 74.0 Å². The zero-order valence-corrected chi connectivity index (χ0v) is 32.5. The number of methoxy groups -OCH3 is 1. The van der Waals surface area contributed by atoms with E-state index >= 15 is 0 Å². The number of hydrogen-bond acceptors (Lipinski definition) is 8. The van der Waals surface area contributed by atoms with Crippen molar-refractivity contribution in [2.75, 3.05) is 26.1 Å². The minimum atomic E-state index is -1.43. The Balaban J connectivity index is 0.000000193. The molecule has 58 heavy (non-hydrogen) atoms. The molecular weight excluding hydrogens is 725 g/mol. The summed E-state index contributed by atoms with van der Waals surface area (Å²) in [6, 6.07) is 44.6. The van der Waals surface area contributed by atoms with Gasteiger partial charge in [0.15, 0.2) is 5.69 Å². The molecule has 0 aliphatic heterocycles. The van der Waals surface area contributed by atoms with Crippen LogP contribution in [0.15, 0.2) is 146 Å². The van der Waals surface area contributed by atoms with Gasteiger partial charge in [0, 0.05) is 19.8 Å². The van der Waals surface area contributed by atoms with Crippen LogP contribution in [-0.4, -0.2) is 72.7 Å². The molecule has 0 fully saturated rings. The van der Waals surface area contributed by atoms with Crippen molar-refractivity contribution in [3.8, 4) is 5.75 Å². The van der Waals surface area contributed by atoms with Crippen LogP contribution in [0.2, 0.25) is 0 Å². The number of rotatable bonds is 11. The third kappa shape index (κ3) is 14.9. The first kappa shape index (κ1) is 44.3. The van der Waals surface area contributed by atoms with E-state index in [1.807, 2.05) is 123 Å². The molecular formula is C46H45B3N2O7. The lowest BCUT2D eigenvalue weighted by Crippen LogP contribution is -2.29. The van der Waals surface area contributed by atoms with Gasteiger partial charge in [-0.2, -0.15) is 0 Å². The van der Waals surface area contributed by atoms with E-state index in [4.69, 9.17) is 41.5 Å². The summed E-state index contributed by atoms with van der Waals surface area (Å²) in [4.78, 5) is 5.40. The van der Waals surface area contributed by atoms with Gasteiger partial charge in [-0.3, -0.25) is 0 Å². The first-order chi connectivity index (χ1) is 27.9. The van der Waals surface area contributed by atoms with Crippen LogP contribution in [0, 0.1) is 6.57 Å². The van der Waals surface area contributed by atoms with Crippen LogP contribution >= 0.6 is 0 Å². The Bertz CT molecular complexity index is 2200. The predicted molar refractivity (Wildman–Crippen MR) is 242 cm³/mol. The highest BCUT2D eigenvalue weighted by Crippen LogP contribution is 2.17. The van der Waals surface area contributed by atoms with Crippen LogP contribution in [0.4, 0.5) is 11.4 Å². The van der Waals surface area contributed by atoms with E-state index in [1.165, 1.54) is 5.69 Å². The van der Waals surface area contributed by atoms with E-state index in [9.17, 15) is 0 Å². The van der Waals surface area contributed by atoms with Crippen LogP contribution in [-0.2, 0) is 0 Å². The fourth-order valence-corrected chi connectivity index (χ4v) is 5.17. The third-order valence-corrected chi connectivity index (χ3v) is 8.66. The Kier molecular flexibility index (Phi) is 17.5. The van der Waals surface area contributed by atoms with Crippen LogP contribution in [0.5, 0.6) is 5.75 Å². The predicted octanol–water partition coefficient (Wildman–Crippen LogP) is 5.24. The van der Waals surface area contributed by atoms with Gasteiger partial charge in [0.05, 0.1) is 13.7 Å². The molecule has 6 rings (SSSR count). The van der Waals surface area contributed by atoms with E-state index in [2.05, 4.69) is 34.0 Å². The number of anilines is 1. The van der Waals surface area contributed by atoms with E-state index in [-0.39, 0.29) is 0 Å². The van der Waals surface area contributed by atoms with Crippen molar-refractivity contribution >= 4 is 85.6 Å². The van der Waals surface area contributed by atoms with Crippen LogP contribution in [0.3, 0.4) is 0 Å². The SMILES string of the molecule is CN(C)c1ccc(/C=C/c2ccc(B(O)O)cc2)cc1.COc1ccc(/C=C/c2ccc(B(O)O)cc2)cc1.[C-]#[N+]c1ccc(/C=C/c2ccc(B(O)O)cc2)cc1. The Hall–Kier alpha value is -6.42. The lowest BCUT2D eigenvalue weighted by Gasteiger charge is -2.11. The molecule has 0 heterocycles. The quantitative estimate of drug-likeness (QED) is 0.0599. The average molecular weight is 770 g/mol. The van der Waals surface area contributed by atoms with E-state index < -0.39 is 21.4 Å². The number of nitrogens with zero attached hydrogens (tertiary/aromatic N) is 2. The molecule has 0 bridgehead atoms. The largest absolute Gasteiger partial charge is 0.497 e. The van der Waals surface area contributed by atoms with Crippen molar-refractivity contribution in [3.05, 3.63) is 190 Å². The fourth-order valence-electron chi connectivity index (χ4n) is 5.17. The fraction of sp³-hybridized carbons (Fsp3) is 0.0652. The zero-order chi connectivity index (χ0) is 41.9. The first-order valence-corrected chi connectivity index (χ1v) is 18.3. The molecule has 9 nitrogen and oxygen atoms in total. The minimum absolute atomic E-state index is 0.471. The van der Waals surface area contributed by atoms with Crippen molar-refractivity contribution in [2.24, 2.45) is 0 Å². The Labute approximate surface area is 341 Å². The summed E-state index contributed by atoms with van der Waals surface area (Å²) in [7, 11) is 1.41. The third-order valence-electron chi connectivity index (χ3n) is 8.66. The van der Waals surface area contributed by atoms with Gasteiger partial charge in [-0.15, -0.1) is 0 Å². The van der Waals surface area contributed by atoms with E-state index in [0.29, 0.717) is 22.1 Å². The van der Waals surface area contributed by atoms with Gasteiger partial charge >= 0.3 is 21.4 Å². The Morgan fingerprint density at radius 3 is 0.931 bits per heavy atom. The molecule has 0 spiro atoms. The maximum absolute atomic E-state index is 9.03. The summed E-state index contributed by atoms with van der Waals surface area (Å²) in [5, 5.41) is 54.0. The summed E-state index contributed by atoms with van der Waals surface area (Å²) in [5.74, 6) is 0.832. The van der Waals surface area contributed by atoms with Crippen molar-refractivity contribution in [1.29, 1.82) is 0 Å². The molecule has 290 valence electrons. The van der Waals surface area contributed by atoms with Crippen molar-refractivity contribution in [1.82, 2.24) is 0 Å². The number of hydrogen-bond donors (Lipinski definition) is 6. The van der Waals surface area contributed by atoms with Crippen molar-refractivity contribution < 1.29 is 34.9 Å².